The summed E-state index contributed by atoms with van der Waals surface area (Å²) in [7, 11) is 1.18. The molecule has 0 spiro atoms. The Labute approximate surface area is 292 Å². The van der Waals surface area contributed by atoms with Crippen LogP contribution < -0.4 is 0 Å². The van der Waals surface area contributed by atoms with Crippen molar-refractivity contribution in [2.45, 2.75) is 122 Å². The SMILES string of the molecule is COCOC[C@H]1O[C@@H](OCC[Si](C)(C)C)[C@H](OC(C)=O)[C@@H](OC(C)=O)[C@H]1O[C@H]1O[C@H](COC(C)=O)[C@H](OC(C)=O)[C@H](OC(C)=O)[C@H]1OCOC. The van der Waals surface area contributed by atoms with Crippen molar-refractivity contribution in [1.29, 1.82) is 0 Å². The van der Waals surface area contributed by atoms with Crippen LogP contribution in [0.4, 0.5) is 0 Å². The van der Waals surface area contributed by atoms with Crippen molar-refractivity contribution < 1.29 is 85.6 Å². The third-order valence-electron chi connectivity index (χ3n) is 7.13. The van der Waals surface area contributed by atoms with Crippen LogP contribution in [-0.2, 0) is 85.6 Å². The number of hydrogen-bond donors (Lipinski definition) is 0. The molecule has 0 radical (unpaired) electrons. The van der Waals surface area contributed by atoms with Crippen LogP contribution in [0.1, 0.15) is 34.6 Å². The first-order chi connectivity index (χ1) is 23.5. The zero-order valence-electron chi connectivity index (χ0n) is 30.4. The molecule has 0 unspecified atom stereocenters. The van der Waals surface area contributed by atoms with Gasteiger partial charge in [0.2, 0.25) is 0 Å². The van der Waals surface area contributed by atoms with Crippen LogP contribution in [0.15, 0.2) is 0 Å². The Morgan fingerprint density at radius 2 is 1.06 bits per heavy atom. The van der Waals surface area contributed by atoms with Crippen LogP contribution >= 0.6 is 0 Å². The smallest absolute Gasteiger partial charge is 0.303 e. The monoisotopic (exact) mass is 740 g/mol. The van der Waals surface area contributed by atoms with Crippen LogP contribution in [0.25, 0.3) is 0 Å². The van der Waals surface area contributed by atoms with Crippen LogP contribution in [0.3, 0.4) is 0 Å². The maximum absolute atomic E-state index is 12.6. The average Bonchev–Trinajstić information content (AvgIpc) is 2.98. The first kappa shape index (κ1) is 43.4. The van der Waals surface area contributed by atoms with Gasteiger partial charge in [-0.1, -0.05) is 19.6 Å². The van der Waals surface area contributed by atoms with E-state index >= 15 is 0 Å². The van der Waals surface area contributed by atoms with Gasteiger partial charge in [0.25, 0.3) is 0 Å². The zero-order valence-corrected chi connectivity index (χ0v) is 31.4. The molecule has 0 saturated carbocycles. The lowest BCUT2D eigenvalue weighted by Gasteiger charge is -2.49. The second kappa shape index (κ2) is 20.9. The molecular formula is C31H52O18Si. The fourth-order valence-corrected chi connectivity index (χ4v) is 5.87. The highest BCUT2D eigenvalue weighted by Crippen LogP contribution is 2.35. The highest BCUT2D eigenvalue weighted by atomic mass is 28.3. The Morgan fingerprint density at radius 3 is 1.58 bits per heavy atom. The summed E-state index contributed by atoms with van der Waals surface area (Å²) in [5, 5.41) is 0. The lowest BCUT2D eigenvalue weighted by atomic mass is 9.96. The van der Waals surface area contributed by atoms with Gasteiger partial charge >= 0.3 is 29.8 Å². The van der Waals surface area contributed by atoms with Crippen LogP contribution in [0.2, 0.25) is 25.7 Å². The molecule has 0 aliphatic carbocycles. The van der Waals surface area contributed by atoms with E-state index in [9.17, 15) is 24.0 Å². The van der Waals surface area contributed by atoms with Gasteiger partial charge in [0.1, 0.15) is 38.5 Å². The number of hydrogen-bond acceptors (Lipinski definition) is 18. The van der Waals surface area contributed by atoms with E-state index in [1.165, 1.54) is 21.1 Å². The number of ether oxygens (including phenoxy) is 13. The van der Waals surface area contributed by atoms with Crippen LogP contribution in [0.5, 0.6) is 0 Å². The Kier molecular flexibility index (Phi) is 18.2. The molecule has 18 nitrogen and oxygen atoms in total. The average molecular weight is 741 g/mol. The van der Waals surface area contributed by atoms with E-state index in [4.69, 9.17) is 61.6 Å². The Hall–Kier alpha value is -2.75. The van der Waals surface area contributed by atoms with Crippen molar-refractivity contribution in [3.8, 4) is 0 Å². The molecule has 0 N–H and O–H groups in total. The molecule has 10 atom stereocenters. The second-order valence-corrected chi connectivity index (χ2v) is 18.4. The summed E-state index contributed by atoms with van der Waals surface area (Å²) >= 11 is 0. The minimum atomic E-state index is -1.58. The fourth-order valence-electron chi connectivity index (χ4n) is 5.14. The molecule has 2 saturated heterocycles. The highest BCUT2D eigenvalue weighted by molar-refractivity contribution is 6.76. The van der Waals surface area contributed by atoms with Crippen LogP contribution in [-0.4, -0.2) is 147 Å². The molecule has 0 aromatic rings. The summed E-state index contributed by atoms with van der Waals surface area (Å²) in [5.74, 6) is -3.69. The van der Waals surface area contributed by atoms with E-state index in [-0.39, 0.29) is 26.8 Å². The summed E-state index contributed by atoms with van der Waals surface area (Å²) < 4.78 is 74.3. The fraction of sp³-hybridized carbons (Fsp3) is 0.839. The van der Waals surface area contributed by atoms with Crippen molar-refractivity contribution in [2.75, 3.05) is 47.6 Å². The Morgan fingerprint density at radius 1 is 0.560 bits per heavy atom. The molecule has 2 heterocycles. The predicted molar refractivity (Wildman–Crippen MR) is 170 cm³/mol. The van der Waals surface area contributed by atoms with Crippen molar-refractivity contribution in [2.24, 2.45) is 0 Å². The molecule has 0 aromatic carbocycles. The predicted octanol–water partition coefficient (Wildman–Crippen LogP) is 1.08. The lowest BCUT2D eigenvalue weighted by molar-refractivity contribution is -0.368. The quantitative estimate of drug-likeness (QED) is 0.0597. The normalized spacial score (nSPS) is 29.8. The van der Waals surface area contributed by atoms with Gasteiger partial charge in [0.15, 0.2) is 43.1 Å². The van der Waals surface area contributed by atoms with Gasteiger partial charge in [-0.2, -0.15) is 0 Å². The van der Waals surface area contributed by atoms with Crippen molar-refractivity contribution in [3.63, 3.8) is 0 Å². The van der Waals surface area contributed by atoms with Crippen molar-refractivity contribution in [3.05, 3.63) is 0 Å². The molecule has 2 fully saturated rings. The van der Waals surface area contributed by atoms with Gasteiger partial charge in [0, 0.05) is 63.5 Å². The third kappa shape index (κ3) is 14.5. The number of methoxy groups -OCH3 is 2. The van der Waals surface area contributed by atoms with E-state index in [0.717, 1.165) is 33.7 Å². The summed E-state index contributed by atoms with van der Waals surface area (Å²) in [4.78, 5) is 61.3. The second-order valence-electron chi connectivity index (χ2n) is 12.8. The maximum Gasteiger partial charge on any atom is 0.303 e. The van der Waals surface area contributed by atoms with E-state index < -0.39 is 106 Å². The number of carbonyl (C=O) groups excluding carboxylic acids is 5. The molecule has 0 aromatic heterocycles. The van der Waals surface area contributed by atoms with Crippen molar-refractivity contribution >= 4 is 37.9 Å². The Bertz CT molecular complexity index is 1110. The molecule has 2 aliphatic rings. The summed E-state index contributed by atoms with van der Waals surface area (Å²) in [6, 6.07) is 0.738. The largest absolute Gasteiger partial charge is 0.463 e. The van der Waals surface area contributed by atoms with Gasteiger partial charge in [-0.05, 0) is 6.04 Å². The number of esters is 5. The third-order valence-corrected chi connectivity index (χ3v) is 8.83. The van der Waals surface area contributed by atoms with Gasteiger partial charge in [0.05, 0.1) is 6.61 Å². The topological polar surface area (TPSA) is 205 Å². The molecule has 2 rings (SSSR count). The molecule has 0 bridgehead atoms. The van der Waals surface area contributed by atoms with E-state index in [1.54, 1.807) is 0 Å². The summed E-state index contributed by atoms with van der Waals surface area (Å²) in [5.41, 5.74) is 0. The summed E-state index contributed by atoms with van der Waals surface area (Å²) in [6.45, 7) is 11.3. The van der Waals surface area contributed by atoms with Crippen molar-refractivity contribution in [1.82, 2.24) is 0 Å². The standard InChI is InChI=1S/C31H52O18Si/c1-17(32)41-14-23-24(43-18(2)33)26(44-19(3)34)28(42-16-38-7)31(48-23)49-25-22(13-39-15-37-6)47-30(40-11-12-50(8,9)10)29(46-21(5)36)27(25)45-20(4)35/h22-31H,11-16H2,1-10H3/t22-,23-,24+,25+,26+,27+,28-,29-,30-,31-/m1/s1. The summed E-state index contributed by atoms with van der Waals surface area (Å²) in [6.07, 6.45) is -13.3. The van der Waals surface area contributed by atoms with Crippen LogP contribution in [0, 0.1) is 0 Å². The Balaban J connectivity index is 2.67. The molecule has 288 valence electrons. The van der Waals surface area contributed by atoms with Gasteiger partial charge in [-0.25, -0.2) is 0 Å². The van der Waals surface area contributed by atoms with Gasteiger partial charge in [-0.3, -0.25) is 24.0 Å². The van der Waals surface area contributed by atoms with E-state index in [0.29, 0.717) is 0 Å². The zero-order chi connectivity index (χ0) is 37.6. The minimum Gasteiger partial charge on any atom is -0.463 e. The first-order valence-electron chi connectivity index (χ1n) is 16.0. The molecule has 0 amide bonds. The van der Waals surface area contributed by atoms with E-state index in [1.807, 2.05) is 0 Å². The molecular weight excluding hydrogens is 688 g/mol. The van der Waals surface area contributed by atoms with Gasteiger partial charge in [-0.15, -0.1) is 0 Å². The highest BCUT2D eigenvalue weighted by Gasteiger charge is 2.57. The number of rotatable bonds is 19. The lowest BCUT2D eigenvalue weighted by Crippen LogP contribution is -2.67. The molecule has 19 heteroatoms. The maximum atomic E-state index is 12.6. The minimum absolute atomic E-state index is 0.151. The number of carbonyl (C=O) groups is 5. The van der Waals surface area contributed by atoms with E-state index in [2.05, 4.69) is 19.6 Å². The first-order valence-corrected chi connectivity index (χ1v) is 19.8. The molecule has 2 aliphatic heterocycles. The molecule has 50 heavy (non-hydrogen) atoms. The van der Waals surface area contributed by atoms with Gasteiger partial charge < -0.3 is 61.6 Å².